The van der Waals surface area contributed by atoms with Crippen LogP contribution in [0.5, 0.6) is 0 Å². The fourth-order valence-corrected chi connectivity index (χ4v) is 3.61. The van der Waals surface area contributed by atoms with E-state index < -0.39 is 28.9 Å². The molecular formula is C21H15F3N4OS. The predicted octanol–water partition coefficient (Wildman–Crippen LogP) is 5.23. The van der Waals surface area contributed by atoms with Gasteiger partial charge in [-0.1, -0.05) is 13.0 Å². The van der Waals surface area contributed by atoms with Gasteiger partial charge in [-0.25, -0.2) is 22.8 Å². The maximum atomic E-state index is 14.9. The summed E-state index contributed by atoms with van der Waals surface area (Å²) in [6.07, 6.45) is 3.94. The molecule has 152 valence electrons. The molecule has 4 aromatic rings. The number of benzene rings is 2. The zero-order valence-corrected chi connectivity index (χ0v) is 16.5. The van der Waals surface area contributed by atoms with Crippen LogP contribution in [-0.4, -0.2) is 20.7 Å². The molecule has 0 unspecified atom stereocenters. The van der Waals surface area contributed by atoms with E-state index in [0.29, 0.717) is 28.4 Å². The van der Waals surface area contributed by atoms with Gasteiger partial charge in [-0.05, 0) is 36.8 Å². The van der Waals surface area contributed by atoms with Crippen LogP contribution < -0.4 is 5.32 Å². The van der Waals surface area contributed by atoms with Gasteiger partial charge in [0.15, 0.2) is 0 Å². The van der Waals surface area contributed by atoms with E-state index in [2.05, 4.69) is 15.4 Å². The minimum atomic E-state index is -0.997. The van der Waals surface area contributed by atoms with Gasteiger partial charge in [0.25, 0.3) is 5.91 Å². The molecule has 0 aliphatic heterocycles. The van der Waals surface area contributed by atoms with E-state index in [9.17, 15) is 18.0 Å². The molecule has 9 heteroatoms. The normalized spacial score (nSPS) is 10.9. The highest BCUT2D eigenvalue weighted by Gasteiger charge is 2.19. The lowest BCUT2D eigenvalue weighted by atomic mass is 10.0. The Bertz CT molecular complexity index is 1200. The summed E-state index contributed by atoms with van der Waals surface area (Å²) in [7, 11) is 0. The van der Waals surface area contributed by atoms with E-state index in [1.165, 1.54) is 23.5 Å². The monoisotopic (exact) mass is 428 g/mol. The lowest BCUT2D eigenvalue weighted by Crippen LogP contribution is -2.16. The molecule has 30 heavy (non-hydrogen) atoms. The van der Waals surface area contributed by atoms with E-state index in [4.69, 9.17) is 0 Å². The number of anilines is 1. The second kappa shape index (κ2) is 8.11. The Labute approximate surface area is 173 Å². The van der Waals surface area contributed by atoms with Crippen molar-refractivity contribution in [2.75, 3.05) is 5.32 Å². The number of hydrogen-bond donors (Lipinski definition) is 1. The van der Waals surface area contributed by atoms with E-state index in [0.717, 1.165) is 24.3 Å². The smallest absolute Gasteiger partial charge is 0.261 e. The molecule has 0 aliphatic carbocycles. The van der Waals surface area contributed by atoms with Gasteiger partial charge in [-0.2, -0.15) is 5.10 Å². The maximum absolute atomic E-state index is 14.9. The second-order valence-electron chi connectivity index (χ2n) is 6.35. The summed E-state index contributed by atoms with van der Waals surface area (Å²) in [5.41, 5.74) is 0.941. The molecule has 0 atom stereocenters. The highest BCUT2D eigenvalue weighted by atomic mass is 32.1. The Morgan fingerprint density at radius 2 is 1.87 bits per heavy atom. The molecule has 1 N–H and O–H groups in total. The third-order valence-corrected chi connectivity index (χ3v) is 5.21. The number of aromatic nitrogens is 3. The molecule has 0 spiro atoms. The summed E-state index contributed by atoms with van der Waals surface area (Å²) in [5.74, 6) is -3.59. The quantitative estimate of drug-likeness (QED) is 0.474. The van der Waals surface area contributed by atoms with Gasteiger partial charge >= 0.3 is 0 Å². The fraction of sp³-hybridized carbons (Fsp3) is 0.0952. The minimum Gasteiger partial charge on any atom is -0.322 e. The van der Waals surface area contributed by atoms with Crippen LogP contribution in [-0.2, 0) is 6.42 Å². The molecule has 2 heterocycles. The zero-order valence-electron chi connectivity index (χ0n) is 15.7. The first-order chi connectivity index (χ1) is 14.5. The number of nitrogens with zero attached hydrogens (tertiary/aromatic N) is 3. The van der Waals surface area contributed by atoms with Gasteiger partial charge in [-0.3, -0.25) is 4.79 Å². The molecule has 0 radical (unpaired) electrons. The van der Waals surface area contributed by atoms with Gasteiger partial charge in [0.2, 0.25) is 5.13 Å². The molecule has 2 aromatic carbocycles. The number of rotatable bonds is 5. The maximum Gasteiger partial charge on any atom is 0.261 e. The third kappa shape index (κ3) is 3.71. The number of thiazole rings is 1. The van der Waals surface area contributed by atoms with Gasteiger partial charge in [0, 0.05) is 34.6 Å². The zero-order chi connectivity index (χ0) is 21.3. The fourth-order valence-electron chi connectivity index (χ4n) is 3.04. The number of amides is 1. The number of nitrogens with one attached hydrogen (secondary N) is 1. The van der Waals surface area contributed by atoms with Crippen LogP contribution in [0.3, 0.4) is 0 Å². The van der Waals surface area contributed by atoms with Crippen molar-refractivity contribution >= 4 is 22.9 Å². The van der Waals surface area contributed by atoms with Crippen molar-refractivity contribution in [1.82, 2.24) is 14.8 Å². The van der Waals surface area contributed by atoms with E-state index in [-0.39, 0.29) is 5.69 Å². The molecule has 0 bridgehead atoms. The molecule has 0 saturated heterocycles. The van der Waals surface area contributed by atoms with Gasteiger partial charge in [0.1, 0.15) is 23.0 Å². The average Bonchev–Trinajstić information content (AvgIpc) is 3.37. The second-order valence-corrected chi connectivity index (χ2v) is 7.22. The van der Waals surface area contributed by atoms with Crippen LogP contribution >= 0.6 is 11.3 Å². The number of carbonyl (C=O) groups excluding carboxylic acids is 1. The van der Waals surface area contributed by atoms with Crippen LogP contribution in [0.15, 0.2) is 54.2 Å². The summed E-state index contributed by atoms with van der Waals surface area (Å²) < 4.78 is 44.0. The Hall–Kier alpha value is -3.46. The molecule has 5 nitrogen and oxygen atoms in total. The van der Waals surface area contributed by atoms with E-state index >= 15 is 0 Å². The Balaban J connectivity index is 1.64. The van der Waals surface area contributed by atoms with Gasteiger partial charge < -0.3 is 5.32 Å². The Morgan fingerprint density at radius 3 is 2.50 bits per heavy atom. The number of hydrogen-bond acceptors (Lipinski definition) is 4. The van der Waals surface area contributed by atoms with E-state index in [1.807, 2.05) is 12.3 Å². The van der Waals surface area contributed by atoms with Crippen LogP contribution in [0.2, 0.25) is 0 Å². The molecule has 1 amide bonds. The third-order valence-electron chi connectivity index (χ3n) is 4.45. The molecule has 0 fully saturated rings. The molecular weight excluding hydrogens is 413 g/mol. The number of carbonyl (C=O) groups is 1. The number of aryl methyl sites for hydroxylation is 1. The predicted molar refractivity (Wildman–Crippen MR) is 108 cm³/mol. The van der Waals surface area contributed by atoms with Crippen molar-refractivity contribution in [3.8, 4) is 16.3 Å². The molecule has 0 aliphatic rings. The SMILES string of the molecule is CCc1nn(-c2nccs2)cc1-c1ccc(NC(=O)c2c(F)cccc2F)cc1F. The van der Waals surface area contributed by atoms with Gasteiger partial charge in [0.05, 0.1) is 5.69 Å². The molecule has 2 aromatic heterocycles. The van der Waals surface area contributed by atoms with Crippen LogP contribution in [0.4, 0.5) is 18.9 Å². The molecule has 0 saturated carbocycles. The lowest BCUT2D eigenvalue weighted by molar-refractivity contribution is 0.101. The van der Waals surface area contributed by atoms with Crippen molar-refractivity contribution in [3.63, 3.8) is 0 Å². The highest BCUT2D eigenvalue weighted by molar-refractivity contribution is 7.12. The van der Waals surface area contributed by atoms with Crippen LogP contribution in [0.1, 0.15) is 23.0 Å². The van der Waals surface area contributed by atoms with Crippen LogP contribution in [0, 0.1) is 17.5 Å². The van der Waals surface area contributed by atoms with Gasteiger partial charge in [-0.15, -0.1) is 11.3 Å². The first kappa shape index (κ1) is 19.8. The van der Waals surface area contributed by atoms with Crippen LogP contribution in [0.25, 0.3) is 16.3 Å². The standard InChI is InChI=1S/C21H15F3N4OS/c1-2-18-14(11-28(27-18)21-25-8-9-30-21)13-7-6-12(10-17(13)24)26-20(29)19-15(22)4-3-5-16(19)23/h3-11H,2H2,1H3,(H,26,29). The van der Waals surface area contributed by atoms with Crippen molar-refractivity contribution in [2.45, 2.75) is 13.3 Å². The minimum absolute atomic E-state index is 0.0780. The highest BCUT2D eigenvalue weighted by Crippen LogP contribution is 2.30. The van der Waals surface area contributed by atoms with Crippen molar-refractivity contribution in [1.29, 1.82) is 0 Å². The summed E-state index contributed by atoms with van der Waals surface area (Å²) in [4.78, 5) is 16.4. The largest absolute Gasteiger partial charge is 0.322 e. The molecule has 4 rings (SSSR count). The first-order valence-corrected chi connectivity index (χ1v) is 9.89. The van der Waals surface area contributed by atoms with E-state index in [1.54, 1.807) is 17.1 Å². The summed E-state index contributed by atoms with van der Waals surface area (Å²) in [6.45, 7) is 1.91. The topological polar surface area (TPSA) is 59.8 Å². The summed E-state index contributed by atoms with van der Waals surface area (Å²) >= 11 is 1.40. The van der Waals surface area contributed by atoms with Crippen molar-refractivity contribution in [2.24, 2.45) is 0 Å². The lowest BCUT2D eigenvalue weighted by Gasteiger charge is -2.09. The van der Waals surface area contributed by atoms with Crippen molar-refractivity contribution < 1.29 is 18.0 Å². The Kier molecular flexibility index (Phi) is 5.37. The first-order valence-electron chi connectivity index (χ1n) is 9.01. The summed E-state index contributed by atoms with van der Waals surface area (Å²) in [5, 5.41) is 9.27. The van der Waals surface area contributed by atoms with Crippen molar-refractivity contribution in [3.05, 3.63) is 82.9 Å². The number of halogens is 3. The average molecular weight is 428 g/mol. The Morgan fingerprint density at radius 1 is 1.10 bits per heavy atom. The summed E-state index contributed by atoms with van der Waals surface area (Å²) in [6, 6.07) is 7.18.